The van der Waals surface area contributed by atoms with Gasteiger partial charge in [0.25, 0.3) is 0 Å². The minimum atomic E-state index is -0.793. The van der Waals surface area contributed by atoms with Crippen LogP contribution in [0.5, 0.6) is 0 Å². The molecule has 2 saturated heterocycles. The number of piperidine rings is 1. The van der Waals surface area contributed by atoms with Gasteiger partial charge >= 0.3 is 5.97 Å². The summed E-state index contributed by atoms with van der Waals surface area (Å²) in [6.07, 6.45) is 2.82. The second-order valence-electron chi connectivity index (χ2n) is 9.04. The Hall–Kier alpha value is -3.25. The number of tetrazole rings is 1. The number of ether oxygens (including phenoxy) is 1. The topological polar surface area (TPSA) is 139 Å². The van der Waals surface area contributed by atoms with Crippen molar-refractivity contribution < 1.29 is 19.4 Å². The van der Waals surface area contributed by atoms with E-state index in [9.17, 15) is 14.7 Å². The number of amides is 1. The van der Waals surface area contributed by atoms with Gasteiger partial charge in [-0.1, -0.05) is 0 Å². The number of likely N-dealkylation sites (tertiary alicyclic amines) is 2. The van der Waals surface area contributed by atoms with Crippen molar-refractivity contribution in [1.82, 2.24) is 40.2 Å². The lowest BCUT2D eigenvalue weighted by molar-refractivity contribution is -0.139. The van der Waals surface area contributed by atoms with Crippen LogP contribution in [-0.2, 0) is 14.3 Å². The predicted octanol–water partition coefficient (Wildman–Crippen LogP) is 0.0195. The highest BCUT2D eigenvalue weighted by molar-refractivity contribution is 5.94. The van der Waals surface area contributed by atoms with Crippen molar-refractivity contribution in [2.45, 2.75) is 45.3 Å². The van der Waals surface area contributed by atoms with E-state index in [1.54, 1.807) is 24.0 Å². The van der Waals surface area contributed by atoms with E-state index in [1.807, 2.05) is 6.92 Å². The van der Waals surface area contributed by atoms with E-state index >= 15 is 0 Å². The van der Waals surface area contributed by atoms with Gasteiger partial charge in [0, 0.05) is 12.6 Å². The second-order valence-corrected chi connectivity index (χ2v) is 9.04. The fourth-order valence-electron chi connectivity index (χ4n) is 5.13. The molecule has 0 aromatic carbocycles. The normalized spacial score (nSPS) is 24.1. The molecule has 5 rings (SSSR count). The number of esters is 1. The molecule has 12 heteroatoms. The number of carbonyl (C=O) groups excluding carboxylic acids is 2. The van der Waals surface area contributed by atoms with Crippen molar-refractivity contribution in [3.8, 4) is 5.82 Å². The summed E-state index contributed by atoms with van der Waals surface area (Å²) < 4.78 is 6.52. The van der Waals surface area contributed by atoms with Crippen molar-refractivity contribution in [2.75, 3.05) is 26.2 Å². The highest BCUT2D eigenvalue weighted by Crippen LogP contribution is 2.46. The van der Waals surface area contributed by atoms with Crippen molar-refractivity contribution in [3.05, 3.63) is 35.4 Å². The molecule has 2 atom stereocenters. The van der Waals surface area contributed by atoms with Gasteiger partial charge in [-0.15, -0.1) is 10.2 Å². The minimum absolute atomic E-state index is 0.0306. The molecule has 174 valence electrons. The molecule has 12 nitrogen and oxygen atoms in total. The zero-order valence-electron chi connectivity index (χ0n) is 18.6. The summed E-state index contributed by atoms with van der Waals surface area (Å²) in [6.45, 7) is 5.73. The molecule has 2 unspecified atom stereocenters. The molecule has 0 saturated carbocycles. The molecule has 33 heavy (non-hydrogen) atoms. The van der Waals surface area contributed by atoms with E-state index < -0.39 is 11.5 Å². The maximum Gasteiger partial charge on any atom is 0.336 e. The molecule has 2 aromatic heterocycles. The van der Waals surface area contributed by atoms with Crippen LogP contribution in [0.1, 0.15) is 44.9 Å². The number of rotatable bonds is 5. The first-order valence-corrected chi connectivity index (χ1v) is 11.1. The zero-order chi connectivity index (χ0) is 23.2. The Bertz CT molecular complexity index is 1080. The Kier molecular flexibility index (Phi) is 5.41. The SMILES string of the molecule is CC1=C(N2C(=O)C3(CCN(CC(O)c4ccc(-n5cnnn5)nn4)CC3)CC2C)COC1=O. The van der Waals surface area contributed by atoms with Crippen molar-refractivity contribution in [3.63, 3.8) is 0 Å². The molecule has 1 spiro atoms. The summed E-state index contributed by atoms with van der Waals surface area (Å²) in [7, 11) is 0. The van der Waals surface area contributed by atoms with Crippen LogP contribution in [0.15, 0.2) is 29.7 Å². The van der Waals surface area contributed by atoms with Gasteiger partial charge < -0.3 is 19.6 Å². The first-order valence-electron chi connectivity index (χ1n) is 11.1. The number of aliphatic hydroxyl groups is 1. The fourth-order valence-corrected chi connectivity index (χ4v) is 5.13. The molecule has 1 N–H and O–H groups in total. The van der Waals surface area contributed by atoms with Crippen LogP contribution in [0.3, 0.4) is 0 Å². The average molecular weight is 454 g/mol. The number of β-amino-alcohol motifs (C(OH)–C–C–N with tert-alkyl or cyclic N) is 1. The van der Waals surface area contributed by atoms with Gasteiger partial charge in [0.1, 0.15) is 19.0 Å². The molecular weight excluding hydrogens is 428 g/mol. The number of carbonyl (C=O) groups is 2. The number of nitrogens with zero attached hydrogens (tertiary/aromatic N) is 8. The summed E-state index contributed by atoms with van der Waals surface area (Å²) in [5.74, 6) is 0.213. The van der Waals surface area contributed by atoms with Gasteiger partial charge in [-0.3, -0.25) is 4.79 Å². The summed E-state index contributed by atoms with van der Waals surface area (Å²) in [5, 5.41) is 29.7. The second kappa shape index (κ2) is 8.27. The summed E-state index contributed by atoms with van der Waals surface area (Å²) in [4.78, 5) is 29.2. The molecule has 0 radical (unpaired) electrons. The lowest BCUT2D eigenvalue weighted by Gasteiger charge is -2.38. The number of cyclic esters (lactones) is 1. The highest BCUT2D eigenvalue weighted by Gasteiger charge is 2.53. The van der Waals surface area contributed by atoms with Crippen LogP contribution in [0.2, 0.25) is 0 Å². The van der Waals surface area contributed by atoms with Gasteiger partial charge in [-0.2, -0.15) is 9.78 Å². The van der Waals surface area contributed by atoms with Crippen molar-refractivity contribution in [1.29, 1.82) is 0 Å². The van der Waals surface area contributed by atoms with Crippen LogP contribution in [0, 0.1) is 5.41 Å². The molecule has 0 aliphatic carbocycles. The third kappa shape index (κ3) is 3.78. The van der Waals surface area contributed by atoms with Crippen LogP contribution in [0.25, 0.3) is 5.82 Å². The third-order valence-electron chi connectivity index (χ3n) is 7.01. The zero-order valence-corrected chi connectivity index (χ0v) is 18.6. The Labute approximate surface area is 190 Å². The molecule has 3 aliphatic rings. The Morgan fingerprint density at radius 3 is 2.64 bits per heavy atom. The number of hydrogen-bond donors (Lipinski definition) is 1. The van der Waals surface area contributed by atoms with Crippen LogP contribution in [0.4, 0.5) is 0 Å². The van der Waals surface area contributed by atoms with E-state index in [-0.39, 0.29) is 24.5 Å². The van der Waals surface area contributed by atoms with E-state index in [4.69, 9.17) is 4.74 Å². The number of aliphatic hydroxyl groups excluding tert-OH is 1. The van der Waals surface area contributed by atoms with Gasteiger partial charge in [0.2, 0.25) is 5.91 Å². The predicted molar refractivity (Wildman–Crippen MR) is 112 cm³/mol. The van der Waals surface area contributed by atoms with Crippen molar-refractivity contribution in [2.24, 2.45) is 5.41 Å². The van der Waals surface area contributed by atoms with E-state index in [0.29, 0.717) is 55.3 Å². The first kappa shape index (κ1) is 21.6. The highest BCUT2D eigenvalue weighted by atomic mass is 16.5. The monoisotopic (exact) mass is 454 g/mol. The molecule has 0 bridgehead atoms. The third-order valence-corrected chi connectivity index (χ3v) is 7.01. The lowest BCUT2D eigenvalue weighted by Crippen LogP contribution is -2.45. The summed E-state index contributed by atoms with van der Waals surface area (Å²) in [6, 6.07) is 3.44. The summed E-state index contributed by atoms with van der Waals surface area (Å²) >= 11 is 0. The fraction of sp³-hybridized carbons (Fsp3) is 0.571. The largest absolute Gasteiger partial charge is 0.456 e. The van der Waals surface area contributed by atoms with E-state index in [2.05, 4.69) is 30.6 Å². The molecule has 2 aromatic rings. The molecule has 5 heterocycles. The Morgan fingerprint density at radius 2 is 2.03 bits per heavy atom. The quantitative estimate of drug-likeness (QED) is 0.615. The smallest absolute Gasteiger partial charge is 0.336 e. The van der Waals surface area contributed by atoms with Gasteiger partial charge in [0.15, 0.2) is 5.82 Å². The van der Waals surface area contributed by atoms with Gasteiger partial charge in [-0.25, -0.2) is 4.79 Å². The Balaban J connectivity index is 1.20. The standard InChI is InChI=1S/C21H26N8O4/c1-13-9-21(20(32)29(13)16-11-33-19(31)14(16)2)5-7-27(8-6-21)10-17(30)15-3-4-18(24-23-15)28-12-22-25-26-28/h3-4,12-13,17,30H,5-11H2,1-2H3. The molecule has 1 amide bonds. The van der Waals surface area contributed by atoms with Crippen LogP contribution in [-0.4, -0.2) is 89.5 Å². The van der Waals surface area contributed by atoms with Gasteiger partial charge in [0.05, 0.1) is 22.4 Å². The summed E-state index contributed by atoms with van der Waals surface area (Å²) in [5.41, 5.74) is 1.28. The van der Waals surface area contributed by atoms with Crippen molar-refractivity contribution >= 4 is 11.9 Å². The maximum absolute atomic E-state index is 13.4. The molecular formula is C21H26N8O4. The molecule has 2 fully saturated rings. The first-order chi connectivity index (χ1) is 15.9. The number of hydrogen-bond acceptors (Lipinski definition) is 10. The lowest BCUT2D eigenvalue weighted by atomic mass is 9.76. The molecule has 3 aliphatic heterocycles. The number of aromatic nitrogens is 6. The maximum atomic E-state index is 13.4. The van der Waals surface area contributed by atoms with E-state index in [0.717, 1.165) is 6.42 Å². The van der Waals surface area contributed by atoms with E-state index in [1.165, 1.54) is 11.0 Å². The van der Waals surface area contributed by atoms with Gasteiger partial charge in [-0.05, 0) is 68.8 Å². The van der Waals surface area contributed by atoms with Crippen LogP contribution >= 0.6 is 0 Å². The minimum Gasteiger partial charge on any atom is -0.456 e. The Morgan fingerprint density at radius 1 is 1.24 bits per heavy atom. The van der Waals surface area contributed by atoms with Crippen LogP contribution < -0.4 is 0 Å². The average Bonchev–Trinajstić information content (AvgIpc) is 3.52.